The lowest BCUT2D eigenvalue weighted by Gasteiger charge is -2.12. The number of benzene rings is 2. The molecule has 2 aromatic carbocycles. The van der Waals surface area contributed by atoms with Crippen molar-refractivity contribution < 1.29 is 18.0 Å². The third-order valence-corrected chi connectivity index (χ3v) is 4.18. The molecule has 0 spiro atoms. The molecule has 140 valence electrons. The second-order valence-corrected chi connectivity index (χ2v) is 6.05. The van der Waals surface area contributed by atoms with E-state index in [9.17, 15) is 18.0 Å². The average molecular weight is 382 g/mol. The molecule has 2 amide bonds. The number of urea groups is 1. The summed E-state index contributed by atoms with van der Waals surface area (Å²) in [6.45, 7) is 0. The Bertz CT molecular complexity index is 1170. The number of halogens is 3. The molecule has 4 rings (SSSR count). The van der Waals surface area contributed by atoms with E-state index in [1.54, 1.807) is 30.6 Å². The van der Waals surface area contributed by atoms with Gasteiger partial charge in [0.25, 0.3) is 0 Å². The molecule has 28 heavy (non-hydrogen) atoms. The number of aromatic nitrogens is 2. The summed E-state index contributed by atoms with van der Waals surface area (Å²) in [5.41, 5.74) is 1.35. The van der Waals surface area contributed by atoms with Crippen LogP contribution in [0, 0.1) is 0 Å². The number of alkyl halides is 3. The number of amides is 2. The second-order valence-electron chi connectivity index (χ2n) is 6.05. The normalized spacial score (nSPS) is 11.5. The van der Waals surface area contributed by atoms with Gasteiger partial charge >= 0.3 is 12.2 Å². The zero-order valence-corrected chi connectivity index (χ0v) is 14.3. The number of hydrogen-bond donors (Lipinski definition) is 2. The maximum Gasteiger partial charge on any atom is 0.416 e. The highest BCUT2D eigenvalue weighted by Gasteiger charge is 2.30. The van der Waals surface area contributed by atoms with Gasteiger partial charge < -0.3 is 10.6 Å². The van der Waals surface area contributed by atoms with E-state index in [-0.39, 0.29) is 5.69 Å². The Morgan fingerprint density at radius 3 is 2.25 bits per heavy atom. The summed E-state index contributed by atoms with van der Waals surface area (Å²) in [6, 6.07) is 12.6. The van der Waals surface area contributed by atoms with Crippen molar-refractivity contribution in [3.63, 3.8) is 0 Å². The lowest BCUT2D eigenvalue weighted by Crippen LogP contribution is -2.19. The number of hydrogen-bond acceptors (Lipinski definition) is 3. The van der Waals surface area contributed by atoms with Gasteiger partial charge in [-0.3, -0.25) is 9.97 Å². The van der Waals surface area contributed by atoms with Crippen LogP contribution < -0.4 is 10.6 Å². The Kier molecular flexibility index (Phi) is 4.31. The fourth-order valence-electron chi connectivity index (χ4n) is 2.91. The fraction of sp³-hybridized carbons (Fsp3) is 0.0500. The minimum Gasteiger partial charge on any atom is -0.308 e. The van der Waals surface area contributed by atoms with Gasteiger partial charge in [0, 0.05) is 28.9 Å². The van der Waals surface area contributed by atoms with Crippen LogP contribution in [0.15, 0.2) is 67.0 Å². The second kappa shape index (κ2) is 6.80. The van der Waals surface area contributed by atoms with Crippen LogP contribution >= 0.6 is 0 Å². The van der Waals surface area contributed by atoms with Crippen LogP contribution in [-0.2, 0) is 6.18 Å². The quantitative estimate of drug-likeness (QED) is 0.453. The molecule has 0 unspecified atom stereocenters. The minimum atomic E-state index is -4.42. The van der Waals surface area contributed by atoms with Gasteiger partial charge in [-0.05, 0) is 48.5 Å². The maximum atomic E-state index is 12.6. The minimum absolute atomic E-state index is 0.246. The van der Waals surface area contributed by atoms with Gasteiger partial charge in [-0.15, -0.1) is 0 Å². The summed E-state index contributed by atoms with van der Waals surface area (Å²) in [4.78, 5) is 21.1. The lowest BCUT2D eigenvalue weighted by molar-refractivity contribution is -0.137. The zero-order valence-electron chi connectivity index (χ0n) is 14.3. The molecule has 2 heterocycles. The summed E-state index contributed by atoms with van der Waals surface area (Å²) in [5.74, 6) is 0. The Balaban J connectivity index is 1.61. The van der Waals surface area contributed by atoms with Gasteiger partial charge in [0.1, 0.15) is 0 Å². The van der Waals surface area contributed by atoms with E-state index in [4.69, 9.17) is 0 Å². The SMILES string of the molecule is O=C(Nc1ccc(C(F)(F)F)cc1)Nc1cc2cccnc2c2ncccc12. The zero-order chi connectivity index (χ0) is 19.7. The summed E-state index contributed by atoms with van der Waals surface area (Å²) in [6.07, 6.45) is -1.12. The standard InChI is InChI=1S/C20H13F3N4O/c21-20(22,23)13-5-7-14(8-6-13)26-19(28)27-16-11-12-3-1-9-24-17(12)18-15(16)4-2-10-25-18/h1-11H,(H2,26,27,28). The molecule has 8 heteroatoms. The Morgan fingerprint density at radius 1 is 0.857 bits per heavy atom. The number of nitrogens with zero attached hydrogens (tertiary/aromatic N) is 2. The molecule has 0 atom stereocenters. The number of carbonyl (C=O) groups excluding carboxylic acids is 1. The predicted molar refractivity (Wildman–Crippen MR) is 101 cm³/mol. The number of rotatable bonds is 2. The summed E-state index contributed by atoms with van der Waals surface area (Å²) >= 11 is 0. The number of fused-ring (bicyclic) bond motifs is 3. The van der Waals surface area contributed by atoms with Crippen molar-refractivity contribution in [1.82, 2.24) is 9.97 Å². The van der Waals surface area contributed by atoms with E-state index in [0.29, 0.717) is 22.1 Å². The first-order valence-electron chi connectivity index (χ1n) is 8.29. The number of carbonyl (C=O) groups is 1. The molecular weight excluding hydrogens is 369 g/mol. The highest BCUT2D eigenvalue weighted by molar-refractivity contribution is 6.13. The van der Waals surface area contributed by atoms with Crippen molar-refractivity contribution in [2.24, 2.45) is 0 Å². The summed E-state index contributed by atoms with van der Waals surface area (Å²) in [5, 5.41) is 6.77. The smallest absolute Gasteiger partial charge is 0.308 e. The van der Waals surface area contributed by atoms with E-state index in [2.05, 4.69) is 20.6 Å². The molecule has 0 aliphatic rings. The molecule has 0 saturated heterocycles. The number of pyridine rings is 2. The first-order chi connectivity index (χ1) is 13.4. The maximum absolute atomic E-state index is 12.6. The van der Waals surface area contributed by atoms with Gasteiger partial charge in [-0.1, -0.05) is 6.07 Å². The van der Waals surface area contributed by atoms with E-state index in [1.807, 2.05) is 12.1 Å². The van der Waals surface area contributed by atoms with Crippen LogP contribution in [0.25, 0.3) is 21.8 Å². The van der Waals surface area contributed by atoms with Gasteiger partial charge in [0.15, 0.2) is 0 Å². The topological polar surface area (TPSA) is 66.9 Å². The highest BCUT2D eigenvalue weighted by atomic mass is 19.4. The van der Waals surface area contributed by atoms with Crippen LogP contribution in [0.3, 0.4) is 0 Å². The van der Waals surface area contributed by atoms with E-state index < -0.39 is 17.8 Å². The van der Waals surface area contributed by atoms with Crippen molar-refractivity contribution in [2.75, 3.05) is 10.6 Å². The van der Waals surface area contributed by atoms with E-state index in [1.165, 1.54) is 12.1 Å². The Morgan fingerprint density at radius 2 is 1.54 bits per heavy atom. The van der Waals surface area contributed by atoms with Crippen LogP contribution in [0.1, 0.15) is 5.56 Å². The lowest BCUT2D eigenvalue weighted by atomic mass is 10.1. The first kappa shape index (κ1) is 17.7. The monoisotopic (exact) mass is 382 g/mol. The van der Waals surface area contributed by atoms with Crippen LogP contribution in [0.5, 0.6) is 0 Å². The van der Waals surface area contributed by atoms with Gasteiger partial charge in [-0.25, -0.2) is 4.79 Å². The first-order valence-corrected chi connectivity index (χ1v) is 8.29. The molecule has 5 nitrogen and oxygen atoms in total. The Hall–Kier alpha value is -3.68. The summed E-state index contributed by atoms with van der Waals surface area (Å²) < 4.78 is 37.9. The van der Waals surface area contributed by atoms with Gasteiger partial charge in [0.05, 0.1) is 22.3 Å². The molecule has 2 aromatic heterocycles. The molecule has 0 fully saturated rings. The third-order valence-electron chi connectivity index (χ3n) is 4.18. The molecule has 2 N–H and O–H groups in total. The Labute approximate surface area is 157 Å². The molecule has 0 radical (unpaired) electrons. The van der Waals surface area contributed by atoms with Crippen molar-refractivity contribution in [2.45, 2.75) is 6.18 Å². The van der Waals surface area contributed by atoms with E-state index >= 15 is 0 Å². The summed E-state index contributed by atoms with van der Waals surface area (Å²) in [7, 11) is 0. The van der Waals surface area contributed by atoms with Crippen molar-refractivity contribution in [1.29, 1.82) is 0 Å². The van der Waals surface area contributed by atoms with Crippen LogP contribution in [0.2, 0.25) is 0 Å². The van der Waals surface area contributed by atoms with Crippen LogP contribution in [-0.4, -0.2) is 16.0 Å². The van der Waals surface area contributed by atoms with Crippen molar-refractivity contribution >= 4 is 39.2 Å². The molecule has 0 saturated carbocycles. The van der Waals surface area contributed by atoms with Crippen molar-refractivity contribution in [3.8, 4) is 0 Å². The third kappa shape index (κ3) is 3.44. The predicted octanol–water partition coefficient (Wildman–Crippen LogP) is 5.45. The molecule has 0 aliphatic carbocycles. The largest absolute Gasteiger partial charge is 0.416 e. The van der Waals surface area contributed by atoms with E-state index in [0.717, 1.165) is 17.5 Å². The van der Waals surface area contributed by atoms with Crippen molar-refractivity contribution in [3.05, 3.63) is 72.6 Å². The number of nitrogens with one attached hydrogen (secondary N) is 2. The fourth-order valence-corrected chi connectivity index (χ4v) is 2.91. The molecular formula is C20H13F3N4O. The molecule has 0 aliphatic heterocycles. The van der Waals surface area contributed by atoms with Crippen LogP contribution in [0.4, 0.5) is 29.3 Å². The van der Waals surface area contributed by atoms with Gasteiger partial charge in [-0.2, -0.15) is 13.2 Å². The average Bonchev–Trinajstić information content (AvgIpc) is 2.68. The number of anilines is 2. The van der Waals surface area contributed by atoms with Gasteiger partial charge in [0.2, 0.25) is 0 Å². The molecule has 4 aromatic rings. The highest BCUT2D eigenvalue weighted by Crippen LogP contribution is 2.31. The molecule has 0 bridgehead atoms.